The summed E-state index contributed by atoms with van der Waals surface area (Å²) in [6.45, 7) is 7.04. The third kappa shape index (κ3) is 5.89. The molecule has 2 aromatic rings. The lowest BCUT2D eigenvalue weighted by molar-refractivity contribution is -0.384. The number of nitro benzene ring substituents is 1. The number of nitrogens with one attached hydrogen (secondary N) is 1. The number of anilines is 1. The first kappa shape index (κ1) is 21.5. The Bertz CT molecular complexity index is 939. The molecule has 4 rings (SSSR count). The highest BCUT2D eigenvalue weighted by molar-refractivity contribution is 5.33. The lowest BCUT2D eigenvalue weighted by Gasteiger charge is -2.27. The fraction of sp³-hybridized carbons (Fsp3) is 0.545. The van der Waals surface area contributed by atoms with Crippen LogP contribution in [0.3, 0.4) is 0 Å². The predicted octanol–water partition coefficient (Wildman–Crippen LogP) is 2.38. The van der Waals surface area contributed by atoms with Gasteiger partial charge in [-0.15, -0.1) is 0 Å². The summed E-state index contributed by atoms with van der Waals surface area (Å²) in [5.41, 5.74) is 1.93. The van der Waals surface area contributed by atoms with Gasteiger partial charge in [0, 0.05) is 57.5 Å². The topological polar surface area (TPSA) is 98.6 Å². The second-order valence-electron chi connectivity index (χ2n) is 8.44. The van der Waals surface area contributed by atoms with Crippen LogP contribution in [0.5, 0.6) is 0 Å². The number of aromatic nitrogens is 2. The maximum atomic E-state index is 12.3. The number of aromatic amines is 1. The Kier molecular flexibility index (Phi) is 6.93. The summed E-state index contributed by atoms with van der Waals surface area (Å²) in [7, 11) is 0. The summed E-state index contributed by atoms with van der Waals surface area (Å²) in [6.07, 6.45) is 4.68. The van der Waals surface area contributed by atoms with Gasteiger partial charge >= 0.3 is 0 Å². The van der Waals surface area contributed by atoms with E-state index >= 15 is 0 Å². The maximum absolute atomic E-state index is 12.3. The Balaban J connectivity index is 1.37. The molecule has 0 atom stereocenters. The molecule has 0 aliphatic carbocycles. The highest BCUT2D eigenvalue weighted by Gasteiger charge is 2.19. The van der Waals surface area contributed by atoms with E-state index in [1.807, 2.05) is 12.1 Å². The molecule has 9 heteroatoms. The summed E-state index contributed by atoms with van der Waals surface area (Å²) in [5, 5.41) is 10.8. The van der Waals surface area contributed by atoms with Crippen LogP contribution in [0.4, 0.5) is 11.6 Å². The molecule has 1 N–H and O–H groups in total. The molecule has 1 aromatic carbocycles. The van der Waals surface area contributed by atoms with Crippen LogP contribution < -0.4 is 10.5 Å². The second-order valence-corrected chi connectivity index (χ2v) is 8.44. The molecule has 2 fully saturated rings. The molecule has 2 aliphatic rings. The van der Waals surface area contributed by atoms with Crippen molar-refractivity contribution in [1.29, 1.82) is 0 Å². The molecule has 0 spiro atoms. The van der Waals surface area contributed by atoms with E-state index in [9.17, 15) is 14.9 Å². The highest BCUT2D eigenvalue weighted by atomic mass is 16.6. The number of rotatable bonds is 6. The fourth-order valence-electron chi connectivity index (χ4n) is 4.39. The van der Waals surface area contributed by atoms with Gasteiger partial charge in [0.05, 0.1) is 10.6 Å². The monoisotopic (exact) mass is 426 g/mol. The van der Waals surface area contributed by atoms with Crippen molar-refractivity contribution in [2.24, 2.45) is 0 Å². The van der Waals surface area contributed by atoms with Gasteiger partial charge in [0.1, 0.15) is 0 Å². The quantitative estimate of drug-likeness (QED) is 0.559. The zero-order valence-electron chi connectivity index (χ0n) is 17.8. The number of hydrogen-bond acceptors (Lipinski definition) is 7. The molecule has 0 saturated carbocycles. The van der Waals surface area contributed by atoms with Crippen LogP contribution in [-0.4, -0.2) is 64.0 Å². The van der Waals surface area contributed by atoms with Crippen molar-refractivity contribution in [2.75, 3.05) is 44.2 Å². The first-order valence-corrected chi connectivity index (χ1v) is 11.1. The first-order valence-electron chi connectivity index (χ1n) is 11.1. The van der Waals surface area contributed by atoms with Crippen molar-refractivity contribution in [1.82, 2.24) is 19.8 Å². The average Bonchev–Trinajstić information content (AvgIpc) is 3.00. The summed E-state index contributed by atoms with van der Waals surface area (Å²) >= 11 is 0. The van der Waals surface area contributed by atoms with Gasteiger partial charge in [-0.2, -0.15) is 0 Å². The Labute approximate surface area is 181 Å². The number of piperidine rings is 1. The minimum Gasteiger partial charge on any atom is -0.341 e. The van der Waals surface area contributed by atoms with Crippen LogP contribution in [0.2, 0.25) is 0 Å². The molecule has 2 saturated heterocycles. The molecule has 31 heavy (non-hydrogen) atoms. The van der Waals surface area contributed by atoms with Gasteiger partial charge in [0.2, 0.25) is 5.95 Å². The smallest absolute Gasteiger partial charge is 0.269 e. The van der Waals surface area contributed by atoms with Crippen molar-refractivity contribution in [3.8, 4) is 0 Å². The molecule has 0 bridgehead atoms. The van der Waals surface area contributed by atoms with Crippen LogP contribution in [0.1, 0.15) is 36.9 Å². The van der Waals surface area contributed by atoms with Crippen LogP contribution in [0.25, 0.3) is 0 Å². The molecule has 0 unspecified atom stereocenters. The van der Waals surface area contributed by atoms with Crippen LogP contribution >= 0.6 is 0 Å². The van der Waals surface area contributed by atoms with E-state index in [4.69, 9.17) is 4.98 Å². The molecule has 9 nitrogen and oxygen atoms in total. The van der Waals surface area contributed by atoms with Gasteiger partial charge in [0.15, 0.2) is 0 Å². The third-order valence-corrected chi connectivity index (χ3v) is 6.06. The van der Waals surface area contributed by atoms with E-state index in [2.05, 4.69) is 19.7 Å². The van der Waals surface area contributed by atoms with Crippen LogP contribution in [-0.2, 0) is 13.1 Å². The van der Waals surface area contributed by atoms with Crippen molar-refractivity contribution in [2.45, 2.75) is 38.8 Å². The van der Waals surface area contributed by atoms with E-state index < -0.39 is 0 Å². The summed E-state index contributed by atoms with van der Waals surface area (Å²) < 4.78 is 0. The molecular weight excluding hydrogens is 396 g/mol. The largest absolute Gasteiger partial charge is 0.341 e. The molecule has 0 radical (unpaired) electrons. The Morgan fingerprint density at radius 1 is 0.903 bits per heavy atom. The van der Waals surface area contributed by atoms with Crippen LogP contribution in [0.15, 0.2) is 35.1 Å². The van der Waals surface area contributed by atoms with Gasteiger partial charge < -0.3 is 4.90 Å². The molecular formula is C22H30N6O3. The van der Waals surface area contributed by atoms with Crippen molar-refractivity contribution in [3.05, 3.63) is 62.1 Å². The SMILES string of the molecule is O=c1cc(CN2CCCCC2)nc(N2CCCN(Cc3ccc([N+](=O)[O-])cc3)CC2)[nH]1. The molecule has 166 valence electrons. The average molecular weight is 427 g/mol. The Hall–Kier alpha value is -2.78. The molecule has 1 aromatic heterocycles. The second kappa shape index (κ2) is 10.0. The maximum Gasteiger partial charge on any atom is 0.269 e. The predicted molar refractivity (Wildman–Crippen MR) is 119 cm³/mol. The lowest BCUT2D eigenvalue weighted by atomic mass is 10.1. The van der Waals surface area contributed by atoms with Gasteiger partial charge in [-0.1, -0.05) is 18.6 Å². The third-order valence-electron chi connectivity index (χ3n) is 6.06. The van der Waals surface area contributed by atoms with Crippen molar-refractivity contribution < 1.29 is 4.92 Å². The number of hydrogen-bond donors (Lipinski definition) is 1. The van der Waals surface area contributed by atoms with Crippen molar-refractivity contribution in [3.63, 3.8) is 0 Å². The van der Waals surface area contributed by atoms with E-state index in [1.165, 1.54) is 19.3 Å². The minimum atomic E-state index is -0.374. The zero-order valence-corrected chi connectivity index (χ0v) is 17.8. The molecule has 0 amide bonds. The number of likely N-dealkylation sites (tertiary alicyclic amines) is 1. The number of benzene rings is 1. The lowest BCUT2D eigenvalue weighted by Crippen LogP contribution is -2.34. The highest BCUT2D eigenvalue weighted by Crippen LogP contribution is 2.17. The Morgan fingerprint density at radius 2 is 1.61 bits per heavy atom. The molecule has 2 aliphatic heterocycles. The van der Waals surface area contributed by atoms with Gasteiger partial charge in [-0.05, 0) is 37.9 Å². The summed E-state index contributed by atoms with van der Waals surface area (Å²) in [5.74, 6) is 0.664. The van der Waals surface area contributed by atoms with E-state index in [1.54, 1.807) is 18.2 Å². The molecule has 3 heterocycles. The summed E-state index contributed by atoms with van der Waals surface area (Å²) in [6, 6.07) is 8.38. The normalized spacial score (nSPS) is 18.6. The van der Waals surface area contributed by atoms with E-state index in [-0.39, 0.29) is 16.2 Å². The van der Waals surface area contributed by atoms with E-state index in [0.717, 1.165) is 70.0 Å². The number of nitro groups is 1. The van der Waals surface area contributed by atoms with Crippen LogP contribution in [0, 0.1) is 10.1 Å². The van der Waals surface area contributed by atoms with Gasteiger partial charge in [-0.3, -0.25) is 29.7 Å². The summed E-state index contributed by atoms with van der Waals surface area (Å²) in [4.78, 5) is 37.3. The number of non-ortho nitro benzene ring substituents is 1. The van der Waals surface area contributed by atoms with E-state index in [0.29, 0.717) is 5.95 Å². The van der Waals surface area contributed by atoms with Gasteiger partial charge in [-0.25, -0.2) is 4.98 Å². The van der Waals surface area contributed by atoms with Gasteiger partial charge in [0.25, 0.3) is 11.2 Å². The standard InChI is InChI=1S/C22H30N6O3/c29-21-15-19(17-25-9-2-1-3-10-25)23-22(24-21)27-12-4-11-26(13-14-27)16-18-5-7-20(8-6-18)28(30)31/h5-8,15H,1-4,9-14,16-17H2,(H,23,24,29). The zero-order chi connectivity index (χ0) is 21.6. The minimum absolute atomic E-state index is 0.0935. The Morgan fingerprint density at radius 3 is 2.35 bits per heavy atom. The number of nitrogens with zero attached hydrogens (tertiary/aromatic N) is 5. The van der Waals surface area contributed by atoms with Crippen molar-refractivity contribution >= 4 is 11.6 Å². The number of H-pyrrole nitrogens is 1. The first-order chi connectivity index (χ1) is 15.1. The fourth-order valence-corrected chi connectivity index (χ4v) is 4.39.